The standard InChI is InChI=1S/C16H23F2N5O2/c1-5-23-11(3)12(10(2)21-23)7-22-9-16(17,18)6-13(22)15-20-19-14(25-15)8-24-4/h13H,5-9H2,1-4H3/t13-/m0/s1. The second-order valence-corrected chi connectivity index (χ2v) is 6.41. The molecule has 0 aromatic carbocycles. The first-order valence-corrected chi connectivity index (χ1v) is 8.30. The highest BCUT2D eigenvalue weighted by atomic mass is 19.3. The van der Waals surface area contributed by atoms with Crippen LogP contribution in [0.4, 0.5) is 8.78 Å². The first-order valence-electron chi connectivity index (χ1n) is 8.30. The summed E-state index contributed by atoms with van der Waals surface area (Å²) < 4.78 is 40.5. The highest BCUT2D eigenvalue weighted by Crippen LogP contribution is 2.41. The number of hydrogen-bond donors (Lipinski definition) is 0. The van der Waals surface area contributed by atoms with E-state index in [9.17, 15) is 8.78 Å². The van der Waals surface area contributed by atoms with Crippen LogP contribution in [0.3, 0.4) is 0 Å². The van der Waals surface area contributed by atoms with Crippen LogP contribution in [-0.4, -0.2) is 44.5 Å². The summed E-state index contributed by atoms with van der Waals surface area (Å²) in [6.07, 6.45) is -0.332. The molecule has 0 saturated carbocycles. The minimum Gasteiger partial charge on any atom is -0.421 e. The summed E-state index contributed by atoms with van der Waals surface area (Å²) in [4.78, 5) is 1.70. The lowest BCUT2D eigenvalue weighted by Gasteiger charge is -2.21. The van der Waals surface area contributed by atoms with E-state index in [2.05, 4.69) is 15.3 Å². The van der Waals surface area contributed by atoms with Crippen LogP contribution in [0.1, 0.15) is 48.1 Å². The van der Waals surface area contributed by atoms with Gasteiger partial charge in [0.1, 0.15) is 6.61 Å². The van der Waals surface area contributed by atoms with Gasteiger partial charge in [-0.1, -0.05) is 0 Å². The van der Waals surface area contributed by atoms with Crippen molar-refractivity contribution in [1.82, 2.24) is 24.9 Å². The number of likely N-dealkylation sites (tertiary alicyclic amines) is 1. The number of rotatable bonds is 6. The lowest BCUT2D eigenvalue weighted by molar-refractivity contribution is 0.0112. The van der Waals surface area contributed by atoms with Crippen molar-refractivity contribution < 1.29 is 17.9 Å². The molecule has 3 heterocycles. The third-order valence-corrected chi connectivity index (χ3v) is 4.59. The van der Waals surface area contributed by atoms with Crippen molar-refractivity contribution in [2.24, 2.45) is 0 Å². The Morgan fingerprint density at radius 1 is 1.32 bits per heavy atom. The molecule has 7 nitrogen and oxygen atoms in total. The van der Waals surface area contributed by atoms with E-state index in [1.54, 1.807) is 4.90 Å². The molecule has 0 N–H and O–H groups in total. The van der Waals surface area contributed by atoms with Gasteiger partial charge in [0.2, 0.25) is 11.8 Å². The van der Waals surface area contributed by atoms with Gasteiger partial charge in [-0.2, -0.15) is 5.10 Å². The summed E-state index contributed by atoms with van der Waals surface area (Å²) in [5, 5.41) is 12.3. The van der Waals surface area contributed by atoms with Crippen LogP contribution < -0.4 is 0 Å². The van der Waals surface area contributed by atoms with Crippen molar-refractivity contribution in [3.8, 4) is 0 Å². The van der Waals surface area contributed by atoms with Gasteiger partial charge in [0.05, 0.1) is 18.3 Å². The van der Waals surface area contributed by atoms with E-state index in [4.69, 9.17) is 9.15 Å². The number of hydrogen-bond acceptors (Lipinski definition) is 6. The molecule has 138 valence electrons. The maximum atomic E-state index is 14.1. The van der Waals surface area contributed by atoms with Gasteiger partial charge in [-0.05, 0) is 20.8 Å². The maximum absolute atomic E-state index is 14.1. The van der Waals surface area contributed by atoms with Gasteiger partial charge in [0, 0.05) is 37.9 Å². The van der Waals surface area contributed by atoms with Crippen molar-refractivity contribution in [3.05, 3.63) is 28.7 Å². The molecule has 0 amide bonds. The Morgan fingerprint density at radius 2 is 2.08 bits per heavy atom. The van der Waals surface area contributed by atoms with E-state index in [1.165, 1.54) is 7.11 Å². The predicted octanol–water partition coefficient (Wildman–Crippen LogP) is 2.63. The Bertz CT molecular complexity index is 743. The number of aromatic nitrogens is 4. The van der Waals surface area contributed by atoms with Gasteiger partial charge in [-0.15, -0.1) is 10.2 Å². The van der Waals surface area contributed by atoms with Gasteiger partial charge in [0.25, 0.3) is 5.92 Å². The molecule has 1 fully saturated rings. The second-order valence-electron chi connectivity index (χ2n) is 6.41. The lowest BCUT2D eigenvalue weighted by atomic mass is 10.1. The zero-order valence-electron chi connectivity index (χ0n) is 14.9. The Hall–Kier alpha value is -1.87. The number of nitrogens with zero attached hydrogens (tertiary/aromatic N) is 5. The molecule has 0 aliphatic carbocycles. The van der Waals surface area contributed by atoms with E-state index < -0.39 is 12.0 Å². The van der Waals surface area contributed by atoms with Crippen molar-refractivity contribution in [3.63, 3.8) is 0 Å². The maximum Gasteiger partial charge on any atom is 0.262 e. The van der Waals surface area contributed by atoms with Crippen LogP contribution in [0, 0.1) is 13.8 Å². The number of ether oxygens (including phenoxy) is 1. The van der Waals surface area contributed by atoms with Gasteiger partial charge in [-0.25, -0.2) is 8.78 Å². The number of alkyl halides is 2. The van der Waals surface area contributed by atoms with Gasteiger partial charge in [-0.3, -0.25) is 9.58 Å². The molecule has 0 radical (unpaired) electrons. The smallest absolute Gasteiger partial charge is 0.262 e. The number of methoxy groups -OCH3 is 1. The minimum absolute atomic E-state index is 0.164. The zero-order valence-corrected chi connectivity index (χ0v) is 14.9. The average molecular weight is 355 g/mol. The summed E-state index contributed by atoms with van der Waals surface area (Å²) in [6.45, 7) is 6.82. The summed E-state index contributed by atoms with van der Waals surface area (Å²) in [5.74, 6) is -2.29. The largest absolute Gasteiger partial charge is 0.421 e. The average Bonchev–Trinajstić information content (AvgIpc) is 3.20. The van der Waals surface area contributed by atoms with Crippen LogP contribution in [0.25, 0.3) is 0 Å². The zero-order chi connectivity index (χ0) is 18.2. The van der Waals surface area contributed by atoms with E-state index in [1.807, 2.05) is 25.5 Å². The van der Waals surface area contributed by atoms with E-state index in [-0.39, 0.29) is 25.5 Å². The molecule has 1 aliphatic rings. The van der Waals surface area contributed by atoms with Crippen molar-refractivity contribution in [1.29, 1.82) is 0 Å². The minimum atomic E-state index is -2.79. The van der Waals surface area contributed by atoms with Crippen molar-refractivity contribution in [2.75, 3.05) is 13.7 Å². The lowest BCUT2D eigenvalue weighted by Crippen LogP contribution is -2.27. The Labute approximate surface area is 145 Å². The summed E-state index contributed by atoms with van der Waals surface area (Å²) >= 11 is 0. The fourth-order valence-electron chi connectivity index (χ4n) is 3.35. The number of aryl methyl sites for hydroxylation is 2. The molecule has 25 heavy (non-hydrogen) atoms. The highest BCUT2D eigenvalue weighted by molar-refractivity contribution is 5.25. The van der Waals surface area contributed by atoms with Crippen LogP contribution in [-0.2, 0) is 24.4 Å². The van der Waals surface area contributed by atoms with Crippen LogP contribution >= 0.6 is 0 Å². The molecule has 3 rings (SSSR count). The molecule has 2 aromatic rings. The fraction of sp³-hybridized carbons (Fsp3) is 0.688. The molecule has 0 bridgehead atoms. The molecular formula is C16H23F2N5O2. The van der Waals surface area contributed by atoms with Crippen LogP contribution in [0.15, 0.2) is 4.42 Å². The normalized spacial score (nSPS) is 20.5. The molecule has 1 atom stereocenters. The SMILES string of the molecule is CCn1nc(C)c(CN2CC(F)(F)C[C@H]2c2nnc(COC)o2)c1C. The molecule has 1 aliphatic heterocycles. The Balaban J connectivity index is 1.86. The van der Waals surface area contributed by atoms with Crippen molar-refractivity contribution >= 4 is 0 Å². The third kappa shape index (κ3) is 3.57. The van der Waals surface area contributed by atoms with Crippen molar-refractivity contribution in [2.45, 2.75) is 58.9 Å². The Kier molecular flexibility index (Phi) is 4.88. The topological polar surface area (TPSA) is 69.2 Å². The second kappa shape index (κ2) is 6.80. The first kappa shape index (κ1) is 17.9. The summed E-state index contributed by atoms with van der Waals surface area (Å²) in [7, 11) is 1.51. The molecule has 0 unspecified atom stereocenters. The molecule has 0 spiro atoms. The quantitative estimate of drug-likeness (QED) is 0.793. The third-order valence-electron chi connectivity index (χ3n) is 4.59. The molecule has 2 aromatic heterocycles. The van der Waals surface area contributed by atoms with Gasteiger partial charge >= 0.3 is 0 Å². The summed E-state index contributed by atoms with van der Waals surface area (Å²) in [6, 6.07) is -0.614. The fourth-order valence-corrected chi connectivity index (χ4v) is 3.35. The van der Waals surface area contributed by atoms with Gasteiger partial charge in [0.15, 0.2) is 0 Å². The van der Waals surface area contributed by atoms with Crippen LogP contribution in [0.2, 0.25) is 0 Å². The predicted molar refractivity (Wildman–Crippen MR) is 85.1 cm³/mol. The van der Waals surface area contributed by atoms with E-state index in [0.29, 0.717) is 12.4 Å². The molecule has 9 heteroatoms. The summed E-state index contributed by atoms with van der Waals surface area (Å²) in [5.41, 5.74) is 2.83. The van der Waals surface area contributed by atoms with E-state index in [0.717, 1.165) is 23.5 Å². The molecular weight excluding hydrogens is 332 g/mol. The van der Waals surface area contributed by atoms with Gasteiger partial charge < -0.3 is 9.15 Å². The Morgan fingerprint density at radius 3 is 2.72 bits per heavy atom. The highest BCUT2D eigenvalue weighted by Gasteiger charge is 2.48. The van der Waals surface area contributed by atoms with Crippen LogP contribution in [0.5, 0.6) is 0 Å². The number of halogens is 2. The monoisotopic (exact) mass is 355 g/mol. The molecule has 1 saturated heterocycles. The van der Waals surface area contributed by atoms with E-state index >= 15 is 0 Å². The first-order chi connectivity index (χ1) is 11.8.